The van der Waals surface area contributed by atoms with Gasteiger partial charge in [0.05, 0.1) is 18.1 Å². The molecule has 0 aromatic heterocycles. The van der Waals surface area contributed by atoms with Gasteiger partial charge in [-0.25, -0.2) is 0 Å². The van der Waals surface area contributed by atoms with E-state index in [1.807, 2.05) is 18.3 Å². The SMILES string of the molecule is C[N+]1(Cc2ccc([S+](O)O)cc2)C=CN(Cc2ccc(S(O)(O)O)cc2)C1. The van der Waals surface area contributed by atoms with Gasteiger partial charge in [0.1, 0.15) is 23.6 Å². The first-order valence-electron chi connectivity index (χ1n) is 8.23. The maximum absolute atomic E-state index is 9.26. The molecule has 1 unspecified atom stereocenters. The van der Waals surface area contributed by atoms with Crippen molar-refractivity contribution in [3.05, 3.63) is 72.1 Å². The summed E-state index contributed by atoms with van der Waals surface area (Å²) >= 11 is -1.71. The van der Waals surface area contributed by atoms with Crippen LogP contribution in [-0.4, -0.2) is 45.9 Å². The topological polar surface area (TPSA) is 104 Å². The van der Waals surface area contributed by atoms with Gasteiger partial charge in [0.2, 0.25) is 4.90 Å². The molecule has 0 saturated carbocycles. The second-order valence-electron chi connectivity index (χ2n) is 6.89. The molecule has 0 fully saturated rings. The molecule has 146 valence electrons. The lowest BCUT2D eigenvalue weighted by Gasteiger charge is -2.29. The molecule has 1 heterocycles. The standard InChI is InChI=1S/C18H22N2O5S2/c1-20(13-16-2-6-17(7-3-16)26(21)22)11-10-19(14-20)12-15-4-8-18(9-5-15)27(23,24)25/h2-11,21-22H,12-14H2,1H3,(H-2,23,24,25)/p+2. The monoisotopic (exact) mass is 412 g/mol. The van der Waals surface area contributed by atoms with Gasteiger partial charge >= 0.3 is 11.5 Å². The number of hydrogen-bond donors (Lipinski definition) is 5. The number of quaternary nitrogens is 1. The number of rotatable bonds is 6. The van der Waals surface area contributed by atoms with E-state index in [-0.39, 0.29) is 4.90 Å². The summed E-state index contributed by atoms with van der Waals surface area (Å²) < 4.78 is 46.9. The highest BCUT2D eigenvalue weighted by molar-refractivity contribution is 8.19. The van der Waals surface area contributed by atoms with Gasteiger partial charge in [0.15, 0.2) is 6.67 Å². The summed E-state index contributed by atoms with van der Waals surface area (Å²) in [6.45, 7) is 2.23. The smallest absolute Gasteiger partial charge is 0.322 e. The Morgan fingerprint density at radius 2 is 1.56 bits per heavy atom. The fraction of sp³-hybridized carbons (Fsp3) is 0.222. The van der Waals surface area contributed by atoms with Gasteiger partial charge in [-0.05, 0) is 29.8 Å². The van der Waals surface area contributed by atoms with Gasteiger partial charge in [0.25, 0.3) is 0 Å². The maximum atomic E-state index is 9.26. The van der Waals surface area contributed by atoms with E-state index in [1.54, 1.807) is 24.3 Å². The molecule has 0 spiro atoms. The van der Waals surface area contributed by atoms with Gasteiger partial charge in [-0.15, -0.1) is 0 Å². The molecule has 2 aromatic rings. The molecule has 5 N–H and O–H groups in total. The zero-order valence-corrected chi connectivity index (χ0v) is 16.5. The van der Waals surface area contributed by atoms with Crippen LogP contribution in [0.1, 0.15) is 11.1 Å². The average Bonchev–Trinajstić information content (AvgIpc) is 2.95. The van der Waals surface area contributed by atoms with E-state index >= 15 is 0 Å². The minimum absolute atomic E-state index is 0.112. The molecular formula is C18H24N2O5S2+2. The van der Waals surface area contributed by atoms with E-state index in [4.69, 9.17) is 0 Å². The molecule has 1 aliphatic heterocycles. The Bertz CT molecular complexity index is 806. The van der Waals surface area contributed by atoms with Gasteiger partial charge < -0.3 is 18.6 Å². The van der Waals surface area contributed by atoms with Crippen LogP contribution in [0.3, 0.4) is 0 Å². The molecule has 7 nitrogen and oxygen atoms in total. The molecule has 0 radical (unpaired) electrons. The highest BCUT2D eigenvalue weighted by Crippen LogP contribution is 2.43. The van der Waals surface area contributed by atoms with Gasteiger partial charge in [-0.2, -0.15) is 9.11 Å². The molecular weight excluding hydrogens is 388 g/mol. The zero-order chi connectivity index (χ0) is 19.7. The van der Waals surface area contributed by atoms with E-state index < -0.39 is 22.3 Å². The van der Waals surface area contributed by atoms with Crippen molar-refractivity contribution in [1.29, 1.82) is 0 Å². The van der Waals surface area contributed by atoms with Crippen LogP contribution in [0.5, 0.6) is 0 Å². The summed E-state index contributed by atoms with van der Waals surface area (Å²) in [5.41, 5.74) is 2.11. The van der Waals surface area contributed by atoms with Crippen molar-refractivity contribution in [1.82, 2.24) is 4.90 Å². The normalized spacial score (nSPS) is 20.5. The Balaban J connectivity index is 1.60. The van der Waals surface area contributed by atoms with E-state index in [0.29, 0.717) is 15.9 Å². The van der Waals surface area contributed by atoms with Crippen LogP contribution in [0, 0.1) is 0 Å². The third-order valence-corrected chi connectivity index (χ3v) is 6.04. The summed E-state index contributed by atoms with van der Waals surface area (Å²) in [4.78, 5) is 2.78. The lowest BCUT2D eigenvalue weighted by atomic mass is 10.2. The molecule has 0 amide bonds. The first kappa shape index (κ1) is 20.2. The summed E-state index contributed by atoms with van der Waals surface area (Å²) in [5, 5.41) is 0. The predicted molar refractivity (Wildman–Crippen MR) is 107 cm³/mol. The molecule has 9 heteroatoms. The van der Waals surface area contributed by atoms with Crippen molar-refractivity contribution >= 4 is 22.3 Å². The van der Waals surface area contributed by atoms with Crippen LogP contribution in [0.4, 0.5) is 0 Å². The van der Waals surface area contributed by atoms with Gasteiger partial charge in [0, 0.05) is 24.2 Å². The molecule has 1 atom stereocenters. The van der Waals surface area contributed by atoms with E-state index in [1.165, 1.54) is 12.1 Å². The first-order chi connectivity index (χ1) is 12.6. The van der Waals surface area contributed by atoms with Crippen molar-refractivity contribution in [2.45, 2.75) is 22.9 Å². The maximum Gasteiger partial charge on any atom is 0.351 e. The van der Waals surface area contributed by atoms with Gasteiger partial charge in [-0.3, -0.25) is 4.48 Å². The van der Waals surface area contributed by atoms with Crippen LogP contribution in [0.15, 0.2) is 70.7 Å². The molecule has 27 heavy (non-hydrogen) atoms. The molecule has 0 saturated heterocycles. The van der Waals surface area contributed by atoms with Crippen molar-refractivity contribution < 1.29 is 27.2 Å². The van der Waals surface area contributed by atoms with Crippen molar-refractivity contribution in [2.24, 2.45) is 0 Å². The Morgan fingerprint density at radius 3 is 2.11 bits per heavy atom. The second kappa shape index (κ2) is 7.82. The second-order valence-corrected chi connectivity index (χ2v) is 9.40. The minimum atomic E-state index is -3.67. The first-order valence-corrected chi connectivity index (χ1v) is 10.9. The minimum Gasteiger partial charge on any atom is -0.322 e. The zero-order valence-electron chi connectivity index (χ0n) is 14.8. The molecule has 0 aliphatic carbocycles. The lowest BCUT2D eigenvalue weighted by Crippen LogP contribution is -2.40. The Labute approximate surface area is 163 Å². The fourth-order valence-corrected chi connectivity index (χ4v) is 4.00. The number of hydrogen-bond acceptors (Lipinski definition) is 6. The number of nitrogens with zero attached hydrogens (tertiary/aromatic N) is 2. The van der Waals surface area contributed by atoms with E-state index in [9.17, 15) is 22.8 Å². The number of benzene rings is 2. The Hall–Kier alpha value is -1.56. The summed E-state index contributed by atoms with van der Waals surface area (Å²) in [7, 11) is -1.55. The summed E-state index contributed by atoms with van der Waals surface area (Å²) in [6, 6.07) is 13.9. The molecule has 3 rings (SSSR count). The van der Waals surface area contributed by atoms with Crippen LogP contribution in [0.2, 0.25) is 0 Å². The summed E-state index contributed by atoms with van der Waals surface area (Å²) in [5.74, 6) is 0. The third-order valence-electron chi connectivity index (χ3n) is 4.45. The molecule has 2 aromatic carbocycles. The van der Waals surface area contributed by atoms with E-state index in [0.717, 1.165) is 24.3 Å². The van der Waals surface area contributed by atoms with E-state index in [2.05, 4.69) is 18.1 Å². The third kappa shape index (κ3) is 5.24. The average molecular weight is 413 g/mol. The van der Waals surface area contributed by atoms with Crippen LogP contribution < -0.4 is 0 Å². The van der Waals surface area contributed by atoms with Crippen molar-refractivity contribution in [3.8, 4) is 0 Å². The lowest BCUT2D eigenvalue weighted by molar-refractivity contribution is -0.875. The Morgan fingerprint density at radius 1 is 0.963 bits per heavy atom. The predicted octanol–water partition coefficient (Wildman–Crippen LogP) is 4.08. The van der Waals surface area contributed by atoms with Crippen LogP contribution in [0.25, 0.3) is 0 Å². The molecule has 1 aliphatic rings. The Kier molecular flexibility index (Phi) is 5.84. The largest absolute Gasteiger partial charge is 0.351 e. The fourth-order valence-electron chi connectivity index (χ4n) is 3.12. The van der Waals surface area contributed by atoms with Crippen molar-refractivity contribution in [2.75, 3.05) is 13.7 Å². The summed E-state index contributed by atoms with van der Waals surface area (Å²) in [6.07, 6.45) is 4.16. The highest BCUT2D eigenvalue weighted by atomic mass is 32.3. The van der Waals surface area contributed by atoms with Gasteiger partial charge in [-0.1, -0.05) is 12.1 Å². The van der Waals surface area contributed by atoms with Crippen LogP contribution in [-0.2, 0) is 24.5 Å². The van der Waals surface area contributed by atoms with Crippen molar-refractivity contribution in [3.63, 3.8) is 0 Å². The quantitative estimate of drug-likeness (QED) is 0.362. The highest BCUT2D eigenvalue weighted by Gasteiger charge is 2.28. The van der Waals surface area contributed by atoms with Crippen LogP contribution >= 0.6 is 10.9 Å². The molecule has 0 bridgehead atoms.